The zero-order valence-corrected chi connectivity index (χ0v) is 31.6. The molecule has 0 radical (unpaired) electrons. The molecular weight excluding hydrogens is 688 g/mol. The molecule has 0 unspecified atom stereocenters. The Morgan fingerprint density at radius 3 is 2.00 bits per heavy atom. The number of nitrogens with zero attached hydrogens (tertiary/aromatic N) is 6. The number of fused-ring (bicyclic) bond motifs is 3. The van der Waals surface area contributed by atoms with E-state index >= 15 is 0 Å². The molecule has 13 heteroatoms. The molecule has 1 amide bonds. The van der Waals surface area contributed by atoms with Crippen molar-refractivity contribution in [2.45, 2.75) is 78.7 Å². The molecule has 54 heavy (non-hydrogen) atoms. The van der Waals surface area contributed by atoms with Crippen LogP contribution in [0.25, 0.3) is 22.1 Å². The van der Waals surface area contributed by atoms with Crippen LogP contribution >= 0.6 is 0 Å². The molecule has 284 valence electrons. The average molecular weight is 737 g/mol. The van der Waals surface area contributed by atoms with Gasteiger partial charge in [-0.1, -0.05) is 6.07 Å². The van der Waals surface area contributed by atoms with Crippen LogP contribution in [0.1, 0.15) is 50.6 Å². The van der Waals surface area contributed by atoms with Gasteiger partial charge in [-0.15, -0.1) is 0 Å². The van der Waals surface area contributed by atoms with Crippen LogP contribution in [0.5, 0.6) is 11.5 Å². The first-order chi connectivity index (χ1) is 25.9. The Balaban J connectivity index is 0.000000276. The Morgan fingerprint density at radius 1 is 0.815 bits per heavy atom. The van der Waals surface area contributed by atoms with E-state index in [4.69, 9.17) is 14.2 Å². The number of aromatic nitrogens is 4. The fraction of sp³-hybridized carbons (Fsp3) is 0.415. The van der Waals surface area contributed by atoms with Gasteiger partial charge in [0.25, 0.3) is 11.1 Å². The highest BCUT2D eigenvalue weighted by Crippen LogP contribution is 2.32. The maximum atomic E-state index is 13.3. The monoisotopic (exact) mass is 736 g/mol. The minimum atomic E-state index is -0.582. The van der Waals surface area contributed by atoms with E-state index in [1.165, 1.54) is 10.6 Å². The van der Waals surface area contributed by atoms with E-state index in [0.29, 0.717) is 44.0 Å². The highest BCUT2D eigenvalue weighted by Gasteiger charge is 2.31. The van der Waals surface area contributed by atoms with Crippen LogP contribution in [-0.2, 0) is 29.2 Å². The highest BCUT2D eigenvalue weighted by atomic mass is 16.6. The molecule has 7 rings (SSSR count). The number of amides is 1. The smallest absolute Gasteiger partial charge is 0.410 e. The summed E-state index contributed by atoms with van der Waals surface area (Å²) in [6, 6.07) is 20.2. The summed E-state index contributed by atoms with van der Waals surface area (Å²) >= 11 is 0. The first-order valence-corrected chi connectivity index (χ1v) is 18.4. The van der Waals surface area contributed by atoms with Gasteiger partial charge in [0.05, 0.1) is 6.54 Å². The van der Waals surface area contributed by atoms with Gasteiger partial charge in [-0.3, -0.25) is 18.7 Å². The second kappa shape index (κ2) is 16.6. The van der Waals surface area contributed by atoms with E-state index in [0.717, 1.165) is 71.6 Å². The summed E-state index contributed by atoms with van der Waals surface area (Å²) in [5.74, 6) is 1.45. The molecule has 5 aromatic rings. The van der Waals surface area contributed by atoms with Gasteiger partial charge < -0.3 is 28.8 Å². The number of hydrogen-bond acceptors (Lipinski definition) is 10. The predicted molar refractivity (Wildman–Crippen MR) is 206 cm³/mol. The molecule has 0 aliphatic carbocycles. The van der Waals surface area contributed by atoms with Crippen molar-refractivity contribution < 1.29 is 23.8 Å². The molecule has 0 N–H and O–H groups in total. The van der Waals surface area contributed by atoms with Crippen molar-refractivity contribution in [2.24, 2.45) is 0 Å². The maximum absolute atomic E-state index is 13.3. The standard InChI is InChI=1S/C30H38N4O5.C11H10N2O2/c1-21-5-7-23-8-10-27(35)33(28(23)31-21)16-15-32-13-11-24(12-14-32)34(29(36)39-30(2,3)4)20-22-6-9-25-26(19-22)38-18-17-37-25;1-8-2-3-9-4-5-10(15)13(6-7-14)11(9)12-8/h5-10,19,24H,11-18,20H2,1-4H3;2-5,7H,6H2,1H3. The second-order valence-electron chi connectivity index (χ2n) is 14.7. The minimum Gasteiger partial charge on any atom is -0.486 e. The number of aldehydes is 1. The van der Waals surface area contributed by atoms with Gasteiger partial charge in [0.15, 0.2) is 11.5 Å². The van der Waals surface area contributed by atoms with Crippen molar-refractivity contribution in [1.29, 1.82) is 0 Å². The van der Waals surface area contributed by atoms with Crippen molar-refractivity contribution in [3.05, 3.63) is 104 Å². The molecule has 1 fully saturated rings. The Hall–Kier alpha value is -5.56. The largest absolute Gasteiger partial charge is 0.486 e. The Labute approximate surface area is 314 Å². The first-order valence-electron chi connectivity index (χ1n) is 18.4. The predicted octanol–water partition coefficient (Wildman–Crippen LogP) is 5.28. The lowest BCUT2D eigenvalue weighted by Crippen LogP contribution is -2.49. The van der Waals surface area contributed by atoms with Crippen molar-refractivity contribution in [3.8, 4) is 11.5 Å². The fourth-order valence-corrected chi connectivity index (χ4v) is 6.72. The van der Waals surface area contributed by atoms with Gasteiger partial charge in [0, 0.05) is 73.1 Å². The number of aryl methyl sites for hydroxylation is 2. The first kappa shape index (κ1) is 38.2. The zero-order valence-electron chi connectivity index (χ0n) is 31.6. The molecule has 1 saturated heterocycles. The third-order valence-corrected chi connectivity index (χ3v) is 9.43. The number of benzene rings is 1. The average Bonchev–Trinajstić information content (AvgIpc) is 3.14. The molecular formula is C41H48N6O7. The fourth-order valence-electron chi connectivity index (χ4n) is 6.72. The van der Waals surface area contributed by atoms with E-state index in [-0.39, 0.29) is 29.8 Å². The van der Waals surface area contributed by atoms with Gasteiger partial charge in [0.1, 0.15) is 36.4 Å². The second-order valence-corrected chi connectivity index (χ2v) is 14.7. The van der Waals surface area contributed by atoms with E-state index in [1.807, 2.05) is 88.0 Å². The molecule has 2 aliphatic heterocycles. The number of ether oxygens (including phenoxy) is 3. The van der Waals surface area contributed by atoms with E-state index < -0.39 is 5.60 Å². The minimum absolute atomic E-state index is 0.0361. The number of hydrogen-bond donors (Lipinski definition) is 0. The number of likely N-dealkylation sites (tertiary alicyclic amines) is 1. The molecule has 0 spiro atoms. The molecule has 2 aliphatic rings. The summed E-state index contributed by atoms with van der Waals surface area (Å²) in [7, 11) is 0. The normalized spacial score (nSPS) is 14.7. The molecule has 4 aromatic heterocycles. The van der Waals surface area contributed by atoms with Crippen LogP contribution in [0, 0.1) is 13.8 Å². The van der Waals surface area contributed by atoms with Gasteiger partial charge >= 0.3 is 6.09 Å². The van der Waals surface area contributed by atoms with E-state index in [9.17, 15) is 19.2 Å². The van der Waals surface area contributed by atoms with Crippen LogP contribution in [-0.4, -0.2) is 85.8 Å². The van der Waals surface area contributed by atoms with Crippen molar-refractivity contribution in [3.63, 3.8) is 0 Å². The van der Waals surface area contributed by atoms with Crippen molar-refractivity contribution in [2.75, 3.05) is 32.8 Å². The third kappa shape index (κ3) is 9.32. The summed E-state index contributed by atoms with van der Waals surface area (Å²) in [6.07, 6.45) is 2.04. The quantitative estimate of drug-likeness (QED) is 0.194. The lowest BCUT2D eigenvalue weighted by molar-refractivity contribution is -0.108. The van der Waals surface area contributed by atoms with E-state index in [1.54, 1.807) is 16.7 Å². The Bertz CT molecular complexity index is 2250. The molecule has 13 nitrogen and oxygen atoms in total. The lowest BCUT2D eigenvalue weighted by atomic mass is 10.0. The van der Waals surface area contributed by atoms with Crippen LogP contribution in [0.3, 0.4) is 0 Å². The number of carbonyl (C=O) groups excluding carboxylic acids is 2. The van der Waals surface area contributed by atoms with Gasteiger partial charge in [-0.2, -0.15) is 0 Å². The maximum Gasteiger partial charge on any atom is 0.410 e. The summed E-state index contributed by atoms with van der Waals surface area (Å²) in [5, 5.41) is 1.83. The van der Waals surface area contributed by atoms with Crippen molar-refractivity contribution >= 4 is 34.4 Å². The topological polar surface area (TPSA) is 138 Å². The Morgan fingerprint density at radius 2 is 1.39 bits per heavy atom. The summed E-state index contributed by atoms with van der Waals surface area (Å²) < 4.78 is 20.4. The molecule has 6 heterocycles. The zero-order chi connectivity index (χ0) is 38.4. The van der Waals surface area contributed by atoms with Gasteiger partial charge in [0.2, 0.25) is 0 Å². The van der Waals surface area contributed by atoms with Gasteiger partial charge in [-0.25, -0.2) is 14.8 Å². The SMILES string of the molecule is Cc1ccc2ccc(=O)n(CC=O)c2n1.Cc1ccc2ccc(=O)n(CCN3CCC(N(Cc4ccc5c(c4)OCCO5)C(=O)OC(C)(C)C)CC3)c2n1. The Kier molecular flexibility index (Phi) is 11.8. The van der Waals surface area contributed by atoms with Crippen molar-refractivity contribution in [1.82, 2.24) is 28.9 Å². The summed E-state index contributed by atoms with van der Waals surface area (Å²) in [5.41, 5.74) is 3.17. The molecule has 0 atom stereocenters. The van der Waals surface area contributed by atoms with Crippen LogP contribution in [0.4, 0.5) is 4.79 Å². The summed E-state index contributed by atoms with van der Waals surface area (Å²) in [6.45, 7) is 14.0. The molecule has 0 saturated carbocycles. The van der Waals surface area contributed by atoms with Crippen LogP contribution < -0.4 is 20.6 Å². The number of piperidine rings is 1. The molecule has 1 aromatic carbocycles. The van der Waals surface area contributed by atoms with Crippen LogP contribution in [0.2, 0.25) is 0 Å². The van der Waals surface area contributed by atoms with Crippen LogP contribution in [0.15, 0.2) is 76.3 Å². The molecule has 0 bridgehead atoms. The number of pyridine rings is 4. The lowest BCUT2D eigenvalue weighted by Gasteiger charge is -2.39. The number of carbonyl (C=O) groups is 2. The van der Waals surface area contributed by atoms with E-state index in [2.05, 4.69) is 14.9 Å². The number of rotatable bonds is 8. The third-order valence-electron chi connectivity index (χ3n) is 9.43. The summed E-state index contributed by atoms with van der Waals surface area (Å²) in [4.78, 5) is 61.0. The highest BCUT2D eigenvalue weighted by molar-refractivity contribution is 5.76. The van der Waals surface area contributed by atoms with Gasteiger partial charge in [-0.05, 0) is 102 Å².